The molecule has 0 aliphatic rings. The number of carbonyl (C=O) groups is 2. The van der Waals surface area contributed by atoms with E-state index in [9.17, 15) is 9.59 Å². The van der Waals surface area contributed by atoms with Crippen molar-refractivity contribution in [3.05, 3.63) is 23.7 Å². The molecule has 11 heteroatoms. The normalized spacial score (nSPS) is 11.2. The first-order valence-corrected chi connectivity index (χ1v) is 9.38. The molecule has 0 atom stereocenters. The maximum Gasteiger partial charge on any atom is 0.374 e. The molecule has 1 aromatic rings. The Labute approximate surface area is 169 Å². The highest BCUT2D eigenvalue weighted by Crippen LogP contribution is 2.11. The summed E-state index contributed by atoms with van der Waals surface area (Å²) in [6, 6.07) is 2.62. The lowest BCUT2D eigenvalue weighted by Crippen LogP contribution is -2.33. The van der Waals surface area contributed by atoms with Gasteiger partial charge < -0.3 is 34.3 Å². The van der Waals surface area contributed by atoms with E-state index in [1.54, 1.807) is 9.80 Å². The fourth-order valence-electron chi connectivity index (χ4n) is 2.47. The van der Waals surface area contributed by atoms with Crippen LogP contribution in [0.5, 0.6) is 0 Å². The molecular formula is C18H30N2O9. The zero-order valence-electron chi connectivity index (χ0n) is 16.4. The van der Waals surface area contributed by atoms with Gasteiger partial charge in [-0.05, 0) is 12.1 Å². The Morgan fingerprint density at radius 1 is 0.690 bits per heavy atom. The average molecular weight is 418 g/mol. The highest BCUT2D eigenvalue weighted by Gasteiger charge is 2.18. The van der Waals surface area contributed by atoms with E-state index in [0.29, 0.717) is 39.3 Å². The van der Waals surface area contributed by atoms with Gasteiger partial charge in [0.25, 0.3) is 0 Å². The number of esters is 2. The number of furan rings is 1. The maximum absolute atomic E-state index is 12.0. The number of hydrogen-bond acceptors (Lipinski definition) is 11. The van der Waals surface area contributed by atoms with Gasteiger partial charge in [0.1, 0.15) is 13.2 Å². The van der Waals surface area contributed by atoms with E-state index >= 15 is 0 Å². The van der Waals surface area contributed by atoms with Crippen LogP contribution < -0.4 is 0 Å². The first-order chi connectivity index (χ1) is 14.0. The fraction of sp³-hybridized carbons (Fsp3) is 0.667. The predicted molar refractivity (Wildman–Crippen MR) is 100 cm³/mol. The third-order valence-corrected chi connectivity index (χ3v) is 3.95. The Morgan fingerprint density at radius 3 is 1.34 bits per heavy atom. The van der Waals surface area contributed by atoms with Gasteiger partial charge >= 0.3 is 11.9 Å². The van der Waals surface area contributed by atoms with Gasteiger partial charge in [-0.25, -0.2) is 9.59 Å². The van der Waals surface area contributed by atoms with E-state index in [1.807, 2.05) is 0 Å². The van der Waals surface area contributed by atoms with E-state index in [1.165, 1.54) is 12.1 Å². The Kier molecular flexibility index (Phi) is 12.9. The molecule has 1 aromatic heterocycles. The van der Waals surface area contributed by atoms with Crippen LogP contribution in [0.25, 0.3) is 0 Å². The van der Waals surface area contributed by atoms with Crippen molar-refractivity contribution < 1.29 is 43.9 Å². The summed E-state index contributed by atoms with van der Waals surface area (Å²) in [5.41, 5.74) is 0. The van der Waals surface area contributed by atoms with Crippen LogP contribution in [0.1, 0.15) is 21.1 Å². The minimum absolute atomic E-state index is 0.0326. The van der Waals surface area contributed by atoms with Gasteiger partial charge in [0.05, 0.1) is 26.4 Å². The highest BCUT2D eigenvalue weighted by molar-refractivity contribution is 5.90. The number of nitrogens with zero attached hydrogens (tertiary/aromatic N) is 2. The van der Waals surface area contributed by atoms with Crippen molar-refractivity contribution in [1.82, 2.24) is 9.80 Å². The lowest BCUT2D eigenvalue weighted by molar-refractivity contribution is 0.0377. The molecule has 11 nitrogen and oxygen atoms in total. The van der Waals surface area contributed by atoms with Gasteiger partial charge in [-0.2, -0.15) is 0 Å². The van der Waals surface area contributed by atoms with Crippen molar-refractivity contribution in [1.29, 1.82) is 0 Å². The molecule has 1 rings (SSSR count). The lowest BCUT2D eigenvalue weighted by Gasteiger charge is -2.19. The van der Waals surface area contributed by atoms with Gasteiger partial charge in [-0.3, -0.25) is 9.80 Å². The van der Waals surface area contributed by atoms with E-state index in [-0.39, 0.29) is 51.2 Å². The van der Waals surface area contributed by atoms with E-state index in [2.05, 4.69) is 0 Å². The molecule has 0 bridgehead atoms. The maximum atomic E-state index is 12.0. The van der Waals surface area contributed by atoms with Gasteiger partial charge in [0.2, 0.25) is 11.5 Å². The van der Waals surface area contributed by atoms with Crippen molar-refractivity contribution in [3.8, 4) is 0 Å². The van der Waals surface area contributed by atoms with Crippen LogP contribution >= 0.6 is 0 Å². The standard InChI is InChI=1S/C18H30N2O9/c21-9-3-19(4-10-22)7-13-27-17(25)15-1-2-16(29-15)18(26)28-14-8-20(5-11-23)6-12-24/h1-2,21-24H,3-14H2. The first-order valence-electron chi connectivity index (χ1n) is 9.38. The van der Waals surface area contributed by atoms with E-state index in [4.69, 9.17) is 34.3 Å². The van der Waals surface area contributed by atoms with Crippen molar-refractivity contribution in [2.45, 2.75) is 0 Å². The third kappa shape index (κ3) is 9.83. The predicted octanol–water partition coefficient (Wildman–Crippen LogP) is -1.83. The van der Waals surface area contributed by atoms with Crippen molar-refractivity contribution in [2.24, 2.45) is 0 Å². The van der Waals surface area contributed by atoms with Crippen LogP contribution in [-0.4, -0.2) is 121 Å². The lowest BCUT2D eigenvalue weighted by atomic mass is 10.4. The summed E-state index contributed by atoms with van der Waals surface area (Å²) >= 11 is 0. The summed E-state index contributed by atoms with van der Waals surface area (Å²) in [5, 5.41) is 35.7. The molecule has 0 saturated heterocycles. The zero-order valence-corrected chi connectivity index (χ0v) is 16.4. The summed E-state index contributed by atoms with van der Waals surface area (Å²) < 4.78 is 15.3. The van der Waals surface area contributed by atoms with Crippen LogP contribution in [0.2, 0.25) is 0 Å². The molecular weight excluding hydrogens is 388 g/mol. The summed E-state index contributed by atoms with van der Waals surface area (Å²) in [6.07, 6.45) is 0. The number of rotatable bonds is 16. The van der Waals surface area contributed by atoms with E-state index in [0.717, 1.165) is 0 Å². The number of carbonyl (C=O) groups excluding carboxylic acids is 2. The zero-order chi connectivity index (χ0) is 21.5. The largest absolute Gasteiger partial charge is 0.458 e. The van der Waals surface area contributed by atoms with Gasteiger partial charge in [-0.1, -0.05) is 0 Å². The highest BCUT2D eigenvalue weighted by atomic mass is 16.6. The molecule has 4 N–H and O–H groups in total. The van der Waals surface area contributed by atoms with Crippen molar-refractivity contribution in [2.75, 3.05) is 78.9 Å². The molecule has 0 unspecified atom stereocenters. The molecule has 0 radical (unpaired) electrons. The van der Waals surface area contributed by atoms with Crippen LogP contribution in [0.4, 0.5) is 0 Å². The van der Waals surface area contributed by atoms with Crippen molar-refractivity contribution >= 4 is 11.9 Å². The minimum atomic E-state index is -0.742. The molecule has 0 fully saturated rings. The van der Waals surface area contributed by atoms with Crippen molar-refractivity contribution in [3.63, 3.8) is 0 Å². The average Bonchev–Trinajstić information content (AvgIpc) is 3.19. The van der Waals surface area contributed by atoms with Crippen LogP contribution in [0.3, 0.4) is 0 Å². The monoisotopic (exact) mass is 418 g/mol. The number of aliphatic hydroxyl groups is 4. The summed E-state index contributed by atoms with van der Waals surface area (Å²) in [7, 11) is 0. The third-order valence-electron chi connectivity index (χ3n) is 3.95. The summed E-state index contributed by atoms with van der Waals surface area (Å²) in [5.74, 6) is -1.77. The summed E-state index contributed by atoms with van der Waals surface area (Å²) in [4.78, 5) is 27.4. The van der Waals surface area contributed by atoms with Gasteiger partial charge in [0.15, 0.2) is 0 Å². The fourth-order valence-corrected chi connectivity index (χ4v) is 2.47. The molecule has 0 aliphatic carbocycles. The number of hydrogen-bond donors (Lipinski definition) is 4. The second-order valence-electron chi connectivity index (χ2n) is 6.01. The number of aliphatic hydroxyl groups excluding tert-OH is 4. The van der Waals surface area contributed by atoms with Crippen LogP contribution in [-0.2, 0) is 9.47 Å². The molecule has 0 aromatic carbocycles. The van der Waals surface area contributed by atoms with E-state index < -0.39 is 11.9 Å². The molecule has 29 heavy (non-hydrogen) atoms. The molecule has 0 amide bonds. The van der Waals surface area contributed by atoms with Gasteiger partial charge in [-0.15, -0.1) is 0 Å². The topological polar surface area (TPSA) is 153 Å². The second kappa shape index (κ2) is 14.9. The molecule has 166 valence electrons. The molecule has 0 spiro atoms. The van der Waals surface area contributed by atoms with Crippen LogP contribution in [0.15, 0.2) is 16.5 Å². The van der Waals surface area contributed by atoms with Gasteiger partial charge in [0, 0.05) is 39.3 Å². The molecule has 1 heterocycles. The second-order valence-corrected chi connectivity index (χ2v) is 6.01. The smallest absolute Gasteiger partial charge is 0.374 e. The summed E-state index contributed by atoms with van der Waals surface area (Å²) in [6.45, 7) is 1.84. The Morgan fingerprint density at radius 2 is 1.03 bits per heavy atom. The molecule has 0 saturated carbocycles. The van der Waals surface area contributed by atoms with Crippen LogP contribution in [0, 0.1) is 0 Å². The Hall–Kier alpha value is -2.02. The Balaban J connectivity index is 2.41. The minimum Gasteiger partial charge on any atom is -0.458 e. The quantitative estimate of drug-likeness (QED) is 0.224. The number of ether oxygens (including phenoxy) is 2. The first kappa shape index (κ1) is 25.0. The Bertz CT molecular complexity index is 533. The molecule has 0 aliphatic heterocycles. The SMILES string of the molecule is O=C(OCCN(CCO)CCO)c1ccc(C(=O)OCCN(CCO)CCO)o1.